The van der Waals surface area contributed by atoms with Crippen molar-refractivity contribution in [3.8, 4) is 0 Å². The van der Waals surface area contributed by atoms with Gasteiger partial charge in [-0.25, -0.2) is 4.79 Å². The fourth-order valence-corrected chi connectivity index (χ4v) is 4.18. The minimum absolute atomic E-state index is 0.0940. The van der Waals surface area contributed by atoms with E-state index in [1.807, 2.05) is 0 Å². The van der Waals surface area contributed by atoms with E-state index in [9.17, 15) is 19.2 Å². The number of aromatic nitrogens is 1. The number of nitrogens with one attached hydrogen (secondary N) is 1. The molecule has 0 aliphatic rings. The van der Waals surface area contributed by atoms with Gasteiger partial charge in [0.2, 0.25) is 0 Å². The van der Waals surface area contributed by atoms with Crippen LogP contribution in [0.3, 0.4) is 0 Å². The van der Waals surface area contributed by atoms with Crippen LogP contribution in [0.5, 0.6) is 0 Å². The molecule has 1 aromatic carbocycles. The van der Waals surface area contributed by atoms with Crippen LogP contribution in [-0.4, -0.2) is 40.2 Å². The van der Waals surface area contributed by atoms with E-state index in [0.717, 1.165) is 0 Å². The first kappa shape index (κ1) is 24.6. The maximum Gasteiger partial charge on any atom is 0.339 e. The Morgan fingerprint density at radius 3 is 2.26 bits per heavy atom. The van der Waals surface area contributed by atoms with Crippen LogP contribution in [0.1, 0.15) is 77.1 Å². The summed E-state index contributed by atoms with van der Waals surface area (Å²) in [6, 6.07) is 6.83. The standard InChI is InChI=1S/C24H29NO5S/c1-13-20(15(3)26)14(2)25-21(13)22(28)16(4)31-18-11-9-8-10-17(18)23(29)30-12-19(27)24(5,6)7/h8-11,16,25H,12H2,1-7H3. The van der Waals surface area contributed by atoms with Gasteiger partial charge in [-0.1, -0.05) is 32.9 Å². The Kier molecular flexibility index (Phi) is 7.65. The molecule has 166 valence electrons. The average Bonchev–Trinajstić information content (AvgIpc) is 2.98. The third-order valence-corrected chi connectivity index (χ3v) is 6.16. The summed E-state index contributed by atoms with van der Waals surface area (Å²) in [5.74, 6) is -1.04. The second kappa shape index (κ2) is 9.64. The molecule has 1 unspecified atom stereocenters. The second-order valence-corrected chi connectivity index (χ2v) is 9.93. The van der Waals surface area contributed by atoms with Crippen molar-refractivity contribution < 1.29 is 23.9 Å². The second-order valence-electron chi connectivity index (χ2n) is 8.55. The topological polar surface area (TPSA) is 93.3 Å². The Morgan fingerprint density at radius 2 is 1.71 bits per heavy atom. The van der Waals surface area contributed by atoms with Crippen molar-refractivity contribution in [3.05, 3.63) is 52.3 Å². The third kappa shape index (κ3) is 5.73. The Morgan fingerprint density at radius 1 is 1.10 bits per heavy atom. The Labute approximate surface area is 187 Å². The van der Waals surface area contributed by atoms with E-state index < -0.39 is 16.6 Å². The molecule has 7 heteroatoms. The first-order chi connectivity index (χ1) is 14.3. The zero-order valence-corrected chi connectivity index (χ0v) is 19.9. The van der Waals surface area contributed by atoms with E-state index in [0.29, 0.717) is 33.0 Å². The fourth-order valence-electron chi connectivity index (χ4n) is 3.14. The zero-order chi connectivity index (χ0) is 23.5. The summed E-state index contributed by atoms with van der Waals surface area (Å²) in [6.07, 6.45) is 0. The van der Waals surface area contributed by atoms with Crippen molar-refractivity contribution in [3.63, 3.8) is 0 Å². The van der Waals surface area contributed by atoms with Gasteiger partial charge in [0.25, 0.3) is 0 Å². The van der Waals surface area contributed by atoms with Crippen LogP contribution in [0.25, 0.3) is 0 Å². The molecule has 0 saturated carbocycles. The smallest absolute Gasteiger partial charge is 0.339 e. The molecule has 1 aromatic heterocycles. The number of aromatic amines is 1. The summed E-state index contributed by atoms with van der Waals surface area (Å²) >= 11 is 1.23. The van der Waals surface area contributed by atoms with Gasteiger partial charge < -0.3 is 9.72 Å². The van der Waals surface area contributed by atoms with Crippen LogP contribution in [-0.2, 0) is 9.53 Å². The minimum Gasteiger partial charge on any atom is -0.454 e. The van der Waals surface area contributed by atoms with Gasteiger partial charge in [0.15, 0.2) is 24.0 Å². The highest BCUT2D eigenvalue weighted by molar-refractivity contribution is 8.00. The molecule has 6 nitrogen and oxygen atoms in total. The molecule has 0 aliphatic heterocycles. The number of hydrogen-bond acceptors (Lipinski definition) is 6. The number of aryl methyl sites for hydroxylation is 1. The van der Waals surface area contributed by atoms with Crippen LogP contribution < -0.4 is 0 Å². The van der Waals surface area contributed by atoms with Gasteiger partial charge in [-0.3, -0.25) is 14.4 Å². The highest BCUT2D eigenvalue weighted by Gasteiger charge is 2.27. The Hall–Kier alpha value is -2.67. The molecule has 1 heterocycles. The Balaban J connectivity index is 2.19. The molecule has 0 spiro atoms. The molecule has 0 radical (unpaired) electrons. The fraction of sp³-hybridized carbons (Fsp3) is 0.417. The van der Waals surface area contributed by atoms with Gasteiger partial charge in [-0.15, -0.1) is 11.8 Å². The molecule has 0 saturated heterocycles. The van der Waals surface area contributed by atoms with E-state index in [1.54, 1.807) is 65.8 Å². The molecular weight excluding hydrogens is 414 g/mol. The summed E-state index contributed by atoms with van der Waals surface area (Å²) in [7, 11) is 0. The lowest BCUT2D eigenvalue weighted by Gasteiger charge is -2.17. The number of carbonyl (C=O) groups excluding carboxylic acids is 4. The molecule has 0 amide bonds. The predicted octanol–water partition coefficient (Wildman–Crippen LogP) is 4.97. The summed E-state index contributed by atoms with van der Waals surface area (Å²) < 4.78 is 5.22. The van der Waals surface area contributed by atoms with Crippen molar-refractivity contribution in [1.82, 2.24) is 4.98 Å². The number of rotatable bonds is 8. The van der Waals surface area contributed by atoms with E-state index >= 15 is 0 Å². The van der Waals surface area contributed by atoms with Gasteiger partial charge in [0.1, 0.15) is 0 Å². The lowest BCUT2D eigenvalue weighted by atomic mass is 9.91. The lowest BCUT2D eigenvalue weighted by molar-refractivity contribution is -0.129. The van der Waals surface area contributed by atoms with Crippen molar-refractivity contribution in [2.24, 2.45) is 5.41 Å². The number of H-pyrrole nitrogens is 1. The summed E-state index contributed by atoms with van der Waals surface area (Å²) in [5.41, 5.74) is 1.94. The van der Waals surface area contributed by atoms with E-state index in [-0.39, 0.29) is 24.0 Å². The molecule has 1 N–H and O–H groups in total. The number of esters is 1. The average molecular weight is 444 g/mol. The van der Waals surface area contributed by atoms with E-state index in [2.05, 4.69) is 4.98 Å². The molecule has 0 fully saturated rings. The molecule has 31 heavy (non-hydrogen) atoms. The first-order valence-electron chi connectivity index (χ1n) is 10.0. The quantitative estimate of drug-likeness (QED) is 0.352. The van der Waals surface area contributed by atoms with Gasteiger partial charge in [-0.2, -0.15) is 0 Å². The van der Waals surface area contributed by atoms with Crippen LogP contribution in [0.2, 0.25) is 0 Å². The van der Waals surface area contributed by atoms with Crippen LogP contribution in [0.15, 0.2) is 29.2 Å². The largest absolute Gasteiger partial charge is 0.454 e. The number of carbonyl (C=O) groups is 4. The lowest BCUT2D eigenvalue weighted by Crippen LogP contribution is -2.26. The van der Waals surface area contributed by atoms with Gasteiger partial charge in [0, 0.05) is 21.6 Å². The molecule has 2 rings (SSSR count). The molecule has 1 atom stereocenters. The predicted molar refractivity (Wildman–Crippen MR) is 121 cm³/mol. The van der Waals surface area contributed by atoms with Crippen molar-refractivity contribution in [2.45, 2.75) is 58.6 Å². The number of Topliss-reactive ketones (excluding diaryl/α,β-unsaturated/α-hetero) is 3. The van der Waals surface area contributed by atoms with Gasteiger partial charge >= 0.3 is 5.97 Å². The molecule has 0 aliphatic carbocycles. The van der Waals surface area contributed by atoms with Crippen molar-refractivity contribution in [1.29, 1.82) is 0 Å². The third-order valence-electron chi connectivity index (χ3n) is 4.99. The normalized spacial score (nSPS) is 12.4. The summed E-state index contributed by atoms with van der Waals surface area (Å²) in [6.45, 7) is 11.7. The number of ether oxygens (including phenoxy) is 1. The number of benzene rings is 1. The highest BCUT2D eigenvalue weighted by atomic mass is 32.2. The van der Waals surface area contributed by atoms with Gasteiger partial charge in [-0.05, 0) is 45.4 Å². The SMILES string of the molecule is CC(=O)c1c(C)[nH]c(C(=O)C(C)Sc2ccccc2C(=O)OCC(=O)C(C)(C)C)c1C. The first-order valence-corrected chi connectivity index (χ1v) is 10.9. The number of thioether (sulfide) groups is 1. The summed E-state index contributed by atoms with van der Waals surface area (Å²) in [5, 5.41) is -0.512. The van der Waals surface area contributed by atoms with Gasteiger partial charge in [0.05, 0.1) is 16.5 Å². The Bertz CT molecular complexity index is 1030. The van der Waals surface area contributed by atoms with E-state index in [4.69, 9.17) is 4.74 Å². The van der Waals surface area contributed by atoms with Crippen LogP contribution >= 0.6 is 11.8 Å². The molecule has 2 aromatic rings. The highest BCUT2D eigenvalue weighted by Crippen LogP contribution is 2.31. The number of hydrogen-bond donors (Lipinski definition) is 1. The van der Waals surface area contributed by atoms with Crippen LogP contribution in [0.4, 0.5) is 0 Å². The van der Waals surface area contributed by atoms with E-state index in [1.165, 1.54) is 18.7 Å². The maximum atomic E-state index is 13.0. The minimum atomic E-state index is -0.605. The van der Waals surface area contributed by atoms with Crippen molar-refractivity contribution >= 4 is 35.1 Å². The van der Waals surface area contributed by atoms with Crippen molar-refractivity contribution in [2.75, 3.05) is 6.61 Å². The monoisotopic (exact) mass is 443 g/mol. The number of ketones is 3. The molecular formula is C24H29NO5S. The molecule has 0 bridgehead atoms. The van der Waals surface area contributed by atoms with Crippen LogP contribution in [0, 0.1) is 19.3 Å². The summed E-state index contributed by atoms with van der Waals surface area (Å²) in [4.78, 5) is 53.2. The zero-order valence-electron chi connectivity index (χ0n) is 19.0. The maximum absolute atomic E-state index is 13.0.